The molecule has 4 rings (SSSR count). The summed E-state index contributed by atoms with van der Waals surface area (Å²) in [6, 6.07) is 7.74. The van der Waals surface area contributed by atoms with Crippen LogP contribution in [0.4, 0.5) is 5.13 Å². The Morgan fingerprint density at radius 1 is 1.38 bits per heavy atom. The highest BCUT2D eigenvalue weighted by Gasteiger charge is 2.30. The average molecular weight is 343 g/mol. The molecular formula is C16H17N5O2S. The molecule has 8 heteroatoms. The van der Waals surface area contributed by atoms with Gasteiger partial charge in [-0.2, -0.15) is 5.10 Å². The van der Waals surface area contributed by atoms with E-state index in [2.05, 4.69) is 20.3 Å². The maximum atomic E-state index is 12.1. The molecule has 0 saturated carbocycles. The van der Waals surface area contributed by atoms with E-state index in [1.807, 2.05) is 18.2 Å². The van der Waals surface area contributed by atoms with Gasteiger partial charge in [0.1, 0.15) is 11.4 Å². The first-order chi connectivity index (χ1) is 11.6. The van der Waals surface area contributed by atoms with E-state index in [1.165, 1.54) is 0 Å². The molecule has 3 heterocycles. The minimum atomic E-state index is -0.130. The highest BCUT2D eigenvalue weighted by atomic mass is 32.1. The van der Waals surface area contributed by atoms with Crippen LogP contribution in [0.1, 0.15) is 10.5 Å². The van der Waals surface area contributed by atoms with Gasteiger partial charge in [0, 0.05) is 32.4 Å². The van der Waals surface area contributed by atoms with Crippen LogP contribution in [0, 0.1) is 0 Å². The lowest BCUT2D eigenvalue weighted by atomic mass is 10.1. The van der Waals surface area contributed by atoms with Crippen molar-refractivity contribution < 1.29 is 9.53 Å². The first kappa shape index (κ1) is 14.9. The Morgan fingerprint density at radius 3 is 2.92 bits per heavy atom. The summed E-state index contributed by atoms with van der Waals surface area (Å²) >= 11 is 1.65. The lowest BCUT2D eigenvalue weighted by molar-refractivity contribution is 0.0924. The van der Waals surface area contributed by atoms with Crippen LogP contribution in [0.5, 0.6) is 5.75 Å². The first-order valence-electron chi connectivity index (χ1n) is 7.62. The number of fused-ring (bicyclic) bond motifs is 1. The topological polar surface area (TPSA) is 72.3 Å². The summed E-state index contributed by atoms with van der Waals surface area (Å²) in [5.74, 6) is 0.678. The molecule has 1 fully saturated rings. The summed E-state index contributed by atoms with van der Waals surface area (Å²) in [5.41, 5.74) is 1.39. The van der Waals surface area contributed by atoms with E-state index in [1.54, 1.807) is 42.4 Å². The van der Waals surface area contributed by atoms with Crippen LogP contribution in [-0.4, -0.2) is 46.9 Å². The number of carbonyl (C=O) groups is 1. The molecule has 0 radical (unpaired) electrons. The van der Waals surface area contributed by atoms with Crippen molar-refractivity contribution in [3.05, 3.63) is 36.2 Å². The maximum Gasteiger partial charge on any atom is 0.272 e. The molecular weight excluding hydrogens is 326 g/mol. The number of hydrogen-bond acceptors (Lipinski definition) is 6. The Balaban J connectivity index is 1.39. The minimum Gasteiger partial charge on any atom is -0.497 e. The van der Waals surface area contributed by atoms with Gasteiger partial charge in [0.15, 0.2) is 5.13 Å². The molecule has 2 aromatic heterocycles. The Morgan fingerprint density at radius 2 is 2.21 bits per heavy atom. The number of aromatic nitrogens is 3. The molecule has 7 nitrogen and oxygen atoms in total. The second-order valence-electron chi connectivity index (χ2n) is 5.78. The van der Waals surface area contributed by atoms with Crippen LogP contribution in [0.15, 0.2) is 30.5 Å². The summed E-state index contributed by atoms with van der Waals surface area (Å²) < 4.78 is 7.99. The molecule has 0 bridgehead atoms. The lowest BCUT2D eigenvalue weighted by Crippen LogP contribution is -2.59. The number of benzene rings is 1. The highest BCUT2D eigenvalue weighted by molar-refractivity contribution is 7.22. The van der Waals surface area contributed by atoms with Gasteiger partial charge in [0.2, 0.25) is 0 Å². The number of carbonyl (C=O) groups excluding carboxylic acids is 1. The van der Waals surface area contributed by atoms with E-state index in [-0.39, 0.29) is 11.9 Å². The van der Waals surface area contributed by atoms with Crippen LogP contribution in [0.2, 0.25) is 0 Å². The number of thiazole rings is 1. The van der Waals surface area contributed by atoms with Gasteiger partial charge in [-0.3, -0.25) is 9.48 Å². The molecule has 0 spiro atoms. The van der Waals surface area contributed by atoms with Gasteiger partial charge in [-0.05, 0) is 18.2 Å². The van der Waals surface area contributed by atoms with Crippen LogP contribution >= 0.6 is 11.3 Å². The zero-order valence-corrected chi connectivity index (χ0v) is 14.2. The Kier molecular flexibility index (Phi) is 3.61. The van der Waals surface area contributed by atoms with E-state index in [9.17, 15) is 4.79 Å². The molecule has 124 valence electrons. The number of methoxy groups -OCH3 is 1. The van der Waals surface area contributed by atoms with Gasteiger partial charge >= 0.3 is 0 Å². The van der Waals surface area contributed by atoms with Crippen molar-refractivity contribution in [3.63, 3.8) is 0 Å². The zero-order chi connectivity index (χ0) is 16.7. The van der Waals surface area contributed by atoms with Crippen molar-refractivity contribution in [1.82, 2.24) is 20.1 Å². The number of rotatable bonds is 4. The second kappa shape index (κ2) is 5.79. The van der Waals surface area contributed by atoms with Gasteiger partial charge in [-0.1, -0.05) is 11.3 Å². The Bertz CT molecular complexity index is 897. The standard InChI is InChI=1S/C16H17N5O2S/c1-20-6-5-12(19-20)15(22)17-10-8-21(9-10)16-18-13-7-11(23-2)3-4-14(13)24-16/h3-7,10H,8-9H2,1-2H3,(H,17,22). The zero-order valence-electron chi connectivity index (χ0n) is 13.4. The van der Waals surface area contributed by atoms with Crippen LogP contribution in [-0.2, 0) is 7.05 Å². The smallest absolute Gasteiger partial charge is 0.272 e. The number of anilines is 1. The molecule has 0 aliphatic carbocycles. The molecule has 1 amide bonds. The number of amides is 1. The van der Waals surface area contributed by atoms with Gasteiger partial charge in [0.05, 0.1) is 23.4 Å². The monoisotopic (exact) mass is 343 g/mol. The fourth-order valence-corrected chi connectivity index (χ4v) is 3.64. The maximum absolute atomic E-state index is 12.1. The molecule has 24 heavy (non-hydrogen) atoms. The van der Waals surface area contributed by atoms with Gasteiger partial charge in [-0.25, -0.2) is 4.98 Å². The molecule has 3 aromatic rings. The molecule has 1 N–H and O–H groups in total. The normalized spacial score (nSPS) is 14.7. The Labute approximate surface area is 142 Å². The fraction of sp³-hybridized carbons (Fsp3) is 0.312. The molecule has 0 unspecified atom stereocenters. The SMILES string of the molecule is COc1ccc2sc(N3CC(NC(=O)c4ccn(C)n4)C3)nc2c1. The molecule has 0 atom stereocenters. The molecule has 1 saturated heterocycles. The largest absolute Gasteiger partial charge is 0.497 e. The van der Waals surface area contributed by atoms with Crippen LogP contribution in [0.3, 0.4) is 0 Å². The predicted molar refractivity (Wildman–Crippen MR) is 92.8 cm³/mol. The quantitative estimate of drug-likeness (QED) is 0.780. The van der Waals surface area contributed by atoms with Gasteiger partial charge < -0.3 is 15.0 Å². The number of hydrogen-bond donors (Lipinski definition) is 1. The van der Waals surface area contributed by atoms with Gasteiger partial charge in [-0.15, -0.1) is 0 Å². The fourth-order valence-electron chi connectivity index (χ4n) is 2.68. The van der Waals surface area contributed by atoms with Crippen molar-refractivity contribution in [2.45, 2.75) is 6.04 Å². The van der Waals surface area contributed by atoms with Crippen molar-refractivity contribution in [3.8, 4) is 5.75 Å². The van der Waals surface area contributed by atoms with E-state index in [0.29, 0.717) is 5.69 Å². The third-order valence-electron chi connectivity index (χ3n) is 4.02. The Hall–Kier alpha value is -2.61. The van der Waals surface area contributed by atoms with Crippen molar-refractivity contribution in [1.29, 1.82) is 0 Å². The molecule has 1 aliphatic heterocycles. The van der Waals surface area contributed by atoms with Crippen LogP contribution < -0.4 is 15.0 Å². The number of aryl methyl sites for hydroxylation is 1. The minimum absolute atomic E-state index is 0.126. The van der Waals surface area contributed by atoms with Crippen LogP contribution in [0.25, 0.3) is 10.2 Å². The lowest BCUT2D eigenvalue weighted by Gasteiger charge is -2.39. The number of nitrogens with zero attached hydrogens (tertiary/aromatic N) is 4. The van der Waals surface area contributed by atoms with E-state index < -0.39 is 0 Å². The summed E-state index contributed by atoms with van der Waals surface area (Å²) in [7, 11) is 3.45. The van der Waals surface area contributed by atoms with Crippen molar-refractivity contribution in [2.24, 2.45) is 7.05 Å². The molecule has 1 aromatic carbocycles. The van der Waals surface area contributed by atoms with E-state index in [0.717, 1.165) is 34.2 Å². The van der Waals surface area contributed by atoms with Crippen molar-refractivity contribution in [2.75, 3.05) is 25.1 Å². The summed E-state index contributed by atoms with van der Waals surface area (Å²) in [6.07, 6.45) is 1.76. The van der Waals surface area contributed by atoms with E-state index in [4.69, 9.17) is 4.74 Å². The third kappa shape index (κ3) is 2.69. The molecule has 1 aliphatic rings. The summed E-state index contributed by atoms with van der Waals surface area (Å²) in [6.45, 7) is 1.52. The summed E-state index contributed by atoms with van der Waals surface area (Å²) in [5, 5.41) is 8.09. The number of nitrogens with one attached hydrogen (secondary N) is 1. The first-order valence-corrected chi connectivity index (χ1v) is 8.44. The van der Waals surface area contributed by atoms with E-state index >= 15 is 0 Å². The summed E-state index contributed by atoms with van der Waals surface area (Å²) in [4.78, 5) is 18.9. The highest BCUT2D eigenvalue weighted by Crippen LogP contribution is 2.33. The van der Waals surface area contributed by atoms with Gasteiger partial charge in [0.25, 0.3) is 5.91 Å². The number of ether oxygens (including phenoxy) is 1. The third-order valence-corrected chi connectivity index (χ3v) is 5.11. The van der Waals surface area contributed by atoms with Crippen molar-refractivity contribution >= 4 is 32.6 Å². The predicted octanol–water partition coefficient (Wildman–Crippen LogP) is 1.66. The second-order valence-corrected chi connectivity index (χ2v) is 6.79. The average Bonchev–Trinajstić information content (AvgIpc) is 3.15.